The third kappa shape index (κ3) is 3.52. The number of carbonyl (C=O) groups excluding carboxylic acids is 1. The van der Waals surface area contributed by atoms with E-state index >= 15 is 0 Å². The summed E-state index contributed by atoms with van der Waals surface area (Å²) >= 11 is 12.7. The first-order valence-electron chi connectivity index (χ1n) is 4.32. The largest absolute Gasteiger partial charge is 0.326 e. The third-order valence-corrected chi connectivity index (χ3v) is 5.07. The SMILES string of the molecule is CN(SC(C)(CCl)C(C)(C)C)C(=O)Cl. The first kappa shape index (κ1) is 14.4. The standard InChI is InChI=1S/C9H17Cl2NOS/c1-8(2,3)9(4,6-10)14-12(5)7(11)13/h6H2,1-5H3. The van der Waals surface area contributed by atoms with Gasteiger partial charge >= 0.3 is 5.37 Å². The van der Waals surface area contributed by atoms with Crippen LogP contribution in [0.4, 0.5) is 4.79 Å². The van der Waals surface area contributed by atoms with Crippen LogP contribution in [0.2, 0.25) is 0 Å². The van der Waals surface area contributed by atoms with Crippen LogP contribution in [0.1, 0.15) is 27.7 Å². The molecule has 0 aliphatic carbocycles. The van der Waals surface area contributed by atoms with Gasteiger partial charge in [-0.15, -0.1) is 11.6 Å². The zero-order valence-electron chi connectivity index (χ0n) is 9.23. The van der Waals surface area contributed by atoms with Gasteiger partial charge in [-0.25, -0.2) is 0 Å². The fourth-order valence-electron chi connectivity index (χ4n) is 0.700. The molecule has 0 radical (unpaired) electrons. The van der Waals surface area contributed by atoms with E-state index in [1.807, 2.05) is 6.92 Å². The average molecular weight is 258 g/mol. The molecular formula is C9H17Cl2NOS. The summed E-state index contributed by atoms with van der Waals surface area (Å²) < 4.78 is 1.20. The molecular weight excluding hydrogens is 241 g/mol. The normalized spacial score (nSPS) is 16.2. The lowest BCUT2D eigenvalue weighted by Crippen LogP contribution is -2.41. The molecule has 0 spiro atoms. The molecule has 0 aliphatic heterocycles. The Bertz CT molecular complexity index is 217. The molecule has 0 aromatic rings. The van der Waals surface area contributed by atoms with Crippen LogP contribution in [0.5, 0.6) is 0 Å². The highest BCUT2D eigenvalue weighted by atomic mass is 35.5. The maximum Gasteiger partial charge on any atom is 0.326 e. The lowest BCUT2D eigenvalue weighted by Gasteiger charge is -2.41. The summed E-state index contributed by atoms with van der Waals surface area (Å²) in [4.78, 5) is 10.9. The van der Waals surface area contributed by atoms with Crippen molar-refractivity contribution < 1.29 is 4.79 Å². The van der Waals surface area contributed by atoms with Gasteiger partial charge < -0.3 is 0 Å². The number of rotatable bonds is 3. The minimum Gasteiger partial charge on any atom is -0.275 e. The molecule has 0 N–H and O–H groups in total. The van der Waals surface area contributed by atoms with Gasteiger partial charge in [0.2, 0.25) is 0 Å². The highest BCUT2D eigenvalue weighted by molar-refractivity contribution is 7.99. The second-order valence-corrected chi connectivity index (χ2v) is 6.68. The highest BCUT2D eigenvalue weighted by Gasteiger charge is 2.39. The molecule has 0 rings (SSSR count). The molecule has 0 heterocycles. The number of nitrogens with zero attached hydrogens (tertiary/aromatic N) is 1. The van der Waals surface area contributed by atoms with Crippen molar-refractivity contribution in [1.29, 1.82) is 0 Å². The van der Waals surface area contributed by atoms with Crippen LogP contribution in [-0.2, 0) is 0 Å². The Hall–Kier alpha value is 0.400. The van der Waals surface area contributed by atoms with Crippen molar-refractivity contribution in [3.8, 4) is 0 Å². The van der Waals surface area contributed by atoms with Crippen molar-refractivity contribution >= 4 is 40.5 Å². The smallest absolute Gasteiger partial charge is 0.275 e. The van der Waals surface area contributed by atoms with Crippen LogP contribution in [-0.4, -0.2) is 27.3 Å². The maximum absolute atomic E-state index is 10.9. The summed E-state index contributed by atoms with van der Waals surface area (Å²) in [6.45, 7) is 8.31. The van der Waals surface area contributed by atoms with E-state index in [9.17, 15) is 4.79 Å². The minimum atomic E-state index is -0.476. The molecule has 1 amide bonds. The monoisotopic (exact) mass is 257 g/mol. The third-order valence-electron chi connectivity index (χ3n) is 2.43. The zero-order chi connectivity index (χ0) is 11.6. The molecule has 84 valence electrons. The van der Waals surface area contributed by atoms with Crippen LogP contribution >= 0.6 is 35.1 Å². The molecule has 2 nitrogen and oxygen atoms in total. The van der Waals surface area contributed by atoms with Crippen LogP contribution in [0.15, 0.2) is 0 Å². The van der Waals surface area contributed by atoms with E-state index in [4.69, 9.17) is 23.2 Å². The summed E-state index contributed by atoms with van der Waals surface area (Å²) in [5, 5.41) is -0.476. The summed E-state index contributed by atoms with van der Waals surface area (Å²) in [6, 6.07) is 0. The quantitative estimate of drug-likeness (QED) is 0.330. The molecule has 0 aliphatic rings. The molecule has 1 unspecified atom stereocenters. The van der Waals surface area contributed by atoms with Crippen molar-refractivity contribution in [1.82, 2.24) is 4.31 Å². The number of hydrogen-bond donors (Lipinski definition) is 0. The van der Waals surface area contributed by atoms with Crippen LogP contribution in [0.3, 0.4) is 0 Å². The zero-order valence-corrected chi connectivity index (χ0v) is 11.6. The number of amides is 1. The van der Waals surface area contributed by atoms with Gasteiger partial charge in [-0.3, -0.25) is 9.10 Å². The van der Waals surface area contributed by atoms with Gasteiger partial charge in [0.25, 0.3) is 0 Å². The van der Waals surface area contributed by atoms with E-state index in [1.54, 1.807) is 7.05 Å². The Kier molecular flexibility index (Phi) is 5.09. The molecule has 0 fully saturated rings. The predicted octanol–water partition coefficient (Wildman–Crippen LogP) is 3.97. The fraction of sp³-hybridized carbons (Fsp3) is 0.889. The van der Waals surface area contributed by atoms with E-state index in [-0.39, 0.29) is 10.2 Å². The number of hydrogen-bond acceptors (Lipinski definition) is 2. The lowest BCUT2D eigenvalue weighted by atomic mass is 9.82. The Morgan fingerprint density at radius 1 is 1.36 bits per heavy atom. The summed E-state index contributed by atoms with van der Waals surface area (Å²) in [5.74, 6) is 0.468. The number of alkyl halides is 1. The Labute approximate surface area is 100 Å². The van der Waals surface area contributed by atoms with E-state index in [0.717, 1.165) is 0 Å². The molecule has 5 heteroatoms. The van der Waals surface area contributed by atoms with Gasteiger partial charge in [0.15, 0.2) is 0 Å². The average Bonchev–Trinajstić information content (AvgIpc) is 2.01. The van der Waals surface area contributed by atoms with Gasteiger partial charge in [0.05, 0.1) is 4.75 Å². The molecule has 0 aromatic carbocycles. The molecule has 0 saturated carbocycles. The Morgan fingerprint density at radius 2 is 1.79 bits per heavy atom. The Morgan fingerprint density at radius 3 is 2.00 bits per heavy atom. The summed E-state index contributed by atoms with van der Waals surface area (Å²) in [6.07, 6.45) is 0. The van der Waals surface area contributed by atoms with E-state index in [2.05, 4.69) is 20.8 Å². The summed E-state index contributed by atoms with van der Waals surface area (Å²) in [5.41, 5.74) is 0.0000154. The van der Waals surface area contributed by atoms with E-state index < -0.39 is 5.37 Å². The summed E-state index contributed by atoms with van der Waals surface area (Å²) in [7, 11) is 1.65. The second kappa shape index (κ2) is 4.95. The molecule has 0 bridgehead atoms. The molecule has 0 saturated heterocycles. The van der Waals surface area contributed by atoms with E-state index in [1.165, 1.54) is 16.3 Å². The van der Waals surface area contributed by atoms with Crippen molar-refractivity contribution in [3.63, 3.8) is 0 Å². The van der Waals surface area contributed by atoms with Gasteiger partial charge in [0, 0.05) is 12.9 Å². The predicted molar refractivity (Wildman–Crippen MR) is 65.2 cm³/mol. The van der Waals surface area contributed by atoms with E-state index in [0.29, 0.717) is 5.88 Å². The lowest BCUT2D eigenvalue weighted by molar-refractivity contribution is 0.249. The van der Waals surface area contributed by atoms with Gasteiger partial charge in [-0.1, -0.05) is 20.8 Å². The maximum atomic E-state index is 10.9. The van der Waals surface area contributed by atoms with Crippen molar-refractivity contribution in [2.75, 3.05) is 12.9 Å². The van der Waals surface area contributed by atoms with Crippen LogP contribution in [0.25, 0.3) is 0 Å². The highest BCUT2D eigenvalue weighted by Crippen LogP contribution is 2.43. The Balaban J connectivity index is 4.65. The van der Waals surface area contributed by atoms with Crippen molar-refractivity contribution in [2.24, 2.45) is 5.41 Å². The molecule has 14 heavy (non-hydrogen) atoms. The number of halogens is 2. The van der Waals surface area contributed by atoms with Crippen molar-refractivity contribution in [2.45, 2.75) is 32.4 Å². The van der Waals surface area contributed by atoms with Crippen LogP contribution < -0.4 is 0 Å². The number of carbonyl (C=O) groups is 1. The minimum absolute atomic E-state index is 0.0000154. The first-order valence-corrected chi connectivity index (χ1v) is 6.01. The van der Waals surface area contributed by atoms with Crippen LogP contribution in [0, 0.1) is 5.41 Å². The van der Waals surface area contributed by atoms with Gasteiger partial charge in [0.1, 0.15) is 0 Å². The first-order chi connectivity index (χ1) is 6.14. The van der Waals surface area contributed by atoms with Crippen molar-refractivity contribution in [3.05, 3.63) is 0 Å². The molecule has 1 atom stereocenters. The molecule has 0 aromatic heterocycles. The fourth-order valence-corrected chi connectivity index (χ4v) is 2.35. The van der Waals surface area contributed by atoms with Gasteiger partial charge in [-0.05, 0) is 35.9 Å². The topological polar surface area (TPSA) is 20.3 Å². The van der Waals surface area contributed by atoms with Gasteiger partial charge in [-0.2, -0.15) is 0 Å². The second-order valence-electron chi connectivity index (χ2n) is 4.46.